The van der Waals surface area contributed by atoms with Gasteiger partial charge in [0.2, 0.25) is 0 Å². The Morgan fingerprint density at radius 1 is 1.33 bits per heavy atom. The molecule has 0 saturated heterocycles. The standard InChI is InChI=1S/C11H12BrCl2F/c1-11(2,3)10(14)6-4-8(13)7(12)5-9(6)15/h4-5,10H,1-3H3. The molecule has 1 aromatic rings. The molecule has 0 N–H and O–H groups in total. The second-order valence-electron chi connectivity index (χ2n) is 4.52. The van der Waals surface area contributed by atoms with E-state index >= 15 is 0 Å². The molecule has 0 aliphatic rings. The van der Waals surface area contributed by atoms with Crippen LogP contribution in [0.4, 0.5) is 4.39 Å². The molecule has 4 heteroatoms. The topological polar surface area (TPSA) is 0 Å². The lowest BCUT2D eigenvalue weighted by Gasteiger charge is -2.26. The van der Waals surface area contributed by atoms with Gasteiger partial charge in [-0.15, -0.1) is 11.6 Å². The SMILES string of the molecule is CC(C)(C)C(Cl)c1cc(Cl)c(Br)cc1F. The van der Waals surface area contributed by atoms with Crippen LogP contribution in [0.1, 0.15) is 31.7 Å². The van der Waals surface area contributed by atoms with Crippen LogP contribution >= 0.6 is 39.1 Å². The van der Waals surface area contributed by atoms with Crippen LogP contribution in [0.15, 0.2) is 16.6 Å². The van der Waals surface area contributed by atoms with E-state index in [4.69, 9.17) is 23.2 Å². The lowest BCUT2D eigenvalue weighted by molar-refractivity contribution is 0.387. The van der Waals surface area contributed by atoms with Gasteiger partial charge in [0.25, 0.3) is 0 Å². The third kappa shape index (κ3) is 3.08. The normalized spacial score (nSPS) is 14.1. The van der Waals surface area contributed by atoms with Crippen molar-refractivity contribution < 1.29 is 4.39 Å². The predicted octanol–water partition coefficient (Wildman–Crippen LogP) is 5.57. The Bertz CT molecular complexity index is 372. The Morgan fingerprint density at radius 2 is 1.87 bits per heavy atom. The molecule has 1 aromatic carbocycles. The maximum Gasteiger partial charge on any atom is 0.129 e. The van der Waals surface area contributed by atoms with Gasteiger partial charge < -0.3 is 0 Å². The van der Waals surface area contributed by atoms with Crippen molar-refractivity contribution >= 4 is 39.1 Å². The first-order valence-electron chi connectivity index (χ1n) is 4.52. The van der Waals surface area contributed by atoms with E-state index in [1.807, 2.05) is 20.8 Å². The predicted molar refractivity (Wildman–Crippen MR) is 67.2 cm³/mol. The Hall–Kier alpha value is 0.210. The van der Waals surface area contributed by atoms with Crippen LogP contribution in [0.25, 0.3) is 0 Å². The Morgan fingerprint density at radius 3 is 2.33 bits per heavy atom. The lowest BCUT2D eigenvalue weighted by atomic mass is 9.87. The van der Waals surface area contributed by atoms with E-state index in [1.54, 1.807) is 6.07 Å². The van der Waals surface area contributed by atoms with Gasteiger partial charge in [-0.1, -0.05) is 32.4 Å². The molecule has 0 nitrogen and oxygen atoms in total. The summed E-state index contributed by atoms with van der Waals surface area (Å²) >= 11 is 15.3. The zero-order valence-electron chi connectivity index (χ0n) is 8.74. The van der Waals surface area contributed by atoms with Crippen molar-refractivity contribution in [1.82, 2.24) is 0 Å². The van der Waals surface area contributed by atoms with Gasteiger partial charge in [-0.2, -0.15) is 0 Å². The van der Waals surface area contributed by atoms with Gasteiger partial charge in [0.15, 0.2) is 0 Å². The van der Waals surface area contributed by atoms with Crippen molar-refractivity contribution in [3.05, 3.63) is 33.0 Å². The zero-order valence-corrected chi connectivity index (χ0v) is 11.8. The van der Waals surface area contributed by atoms with Crippen LogP contribution < -0.4 is 0 Å². The second kappa shape index (κ2) is 4.60. The molecule has 84 valence electrons. The minimum atomic E-state index is -0.400. The summed E-state index contributed by atoms with van der Waals surface area (Å²) < 4.78 is 14.2. The van der Waals surface area contributed by atoms with Gasteiger partial charge in [0.05, 0.1) is 10.4 Å². The monoisotopic (exact) mass is 312 g/mol. The summed E-state index contributed by atoms with van der Waals surface area (Å²) in [6, 6.07) is 2.92. The summed E-state index contributed by atoms with van der Waals surface area (Å²) in [5.41, 5.74) is 0.233. The van der Waals surface area contributed by atoms with Crippen molar-refractivity contribution in [2.75, 3.05) is 0 Å². The third-order valence-electron chi connectivity index (χ3n) is 2.07. The molecular formula is C11H12BrCl2F. The fourth-order valence-electron chi connectivity index (χ4n) is 1.20. The van der Waals surface area contributed by atoms with Crippen molar-refractivity contribution in [1.29, 1.82) is 0 Å². The van der Waals surface area contributed by atoms with E-state index in [2.05, 4.69) is 15.9 Å². The fraction of sp³-hybridized carbons (Fsp3) is 0.455. The van der Waals surface area contributed by atoms with Crippen LogP contribution in [-0.4, -0.2) is 0 Å². The number of halogens is 4. The molecule has 0 spiro atoms. The molecule has 0 aliphatic carbocycles. The first-order chi connectivity index (χ1) is 6.73. The highest BCUT2D eigenvalue weighted by Gasteiger charge is 2.27. The first kappa shape index (κ1) is 13.3. The van der Waals surface area contributed by atoms with Gasteiger partial charge in [-0.3, -0.25) is 0 Å². The largest absolute Gasteiger partial charge is 0.207 e. The number of hydrogen-bond acceptors (Lipinski definition) is 0. The van der Waals surface area contributed by atoms with Crippen molar-refractivity contribution in [2.45, 2.75) is 26.1 Å². The zero-order chi connectivity index (χ0) is 11.8. The summed E-state index contributed by atoms with van der Waals surface area (Å²) in [4.78, 5) is 0. The third-order valence-corrected chi connectivity index (χ3v) is 4.16. The van der Waals surface area contributed by atoms with E-state index in [1.165, 1.54) is 6.07 Å². The van der Waals surface area contributed by atoms with E-state index < -0.39 is 5.38 Å². The highest BCUT2D eigenvalue weighted by Crippen LogP contribution is 2.41. The Kier molecular flexibility index (Phi) is 4.07. The average molecular weight is 314 g/mol. The molecule has 0 bridgehead atoms. The smallest absolute Gasteiger partial charge is 0.129 e. The average Bonchev–Trinajstić information content (AvgIpc) is 2.08. The van der Waals surface area contributed by atoms with Gasteiger partial charge >= 0.3 is 0 Å². The Balaban J connectivity index is 3.21. The first-order valence-corrected chi connectivity index (χ1v) is 6.12. The van der Waals surface area contributed by atoms with E-state index in [-0.39, 0.29) is 11.2 Å². The molecule has 15 heavy (non-hydrogen) atoms. The summed E-state index contributed by atoms with van der Waals surface area (Å²) in [7, 11) is 0. The quantitative estimate of drug-likeness (QED) is 0.470. The van der Waals surface area contributed by atoms with Crippen LogP contribution in [0.5, 0.6) is 0 Å². The lowest BCUT2D eigenvalue weighted by Crippen LogP contribution is -2.14. The van der Waals surface area contributed by atoms with Gasteiger partial charge in [0.1, 0.15) is 5.82 Å². The van der Waals surface area contributed by atoms with Crippen LogP contribution in [0, 0.1) is 11.2 Å². The number of benzene rings is 1. The molecular weight excluding hydrogens is 302 g/mol. The minimum Gasteiger partial charge on any atom is -0.207 e. The molecule has 0 amide bonds. The molecule has 0 heterocycles. The summed E-state index contributed by atoms with van der Waals surface area (Å²) in [5.74, 6) is -0.332. The highest BCUT2D eigenvalue weighted by molar-refractivity contribution is 9.10. The summed E-state index contributed by atoms with van der Waals surface area (Å²) in [6.45, 7) is 5.88. The molecule has 1 rings (SSSR count). The van der Waals surface area contributed by atoms with Crippen molar-refractivity contribution in [3.63, 3.8) is 0 Å². The molecule has 0 radical (unpaired) electrons. The van der Waals surface area contributed by atoms with Crippen molar-refractivity contribution in [3.8, 4) is 0 Å². The fourth-order valence-corrected chi connectivity index (χ4v) is 1.85. The second-order valence-corrected chi connectivity index (χ2v) is 6.21. The van der Waals surface area contributed by atoms with Gasteiger partial charge in [-0.25, -0.2) is 4.39 Å². The Labute approximate surface area is 108 Å². The minimum absolute atomic E-state index is 0.209. The molecule has 0 aliphatic heterocycles. The molecule has 1 unspecified atom stereocenters. The van der Waals surface area contributed by atoms with Gasteiger partial charge in [-0.05, 0) is 33.5 Å². The molecule has 0 fully saturated rings. The number of rotatable bonds is 1. The maximum absolute atomic E-state index is 13.6. The van der Waals surface area contributed by atoms with Crippen LogP contribution in [-0.2, 0) is 0 Å². The van der Waals surface area contributed by atoms with E-state index in [9.17, 15) is 4.39 Å². The summed E-state index contributed by atoms with van der Waals surface area (Å²) in [6.07, 6.45) is 0. The van der Waals surface area contributed by atoms with E-state index in [0.29, 0.717) is 15.1 Å². The number of hydrogen-bond donors (Lipinski definition) is 0. The highest BCUT2D eigenvalue weighted by atomic mass is 79.9. The van der Waals surface area contributed by atoms with Gasteiger partial charge in [0, 0.05) is 10.0 Å². The van der Waals surface area contributed by atoms with Crippen LogP contribution in [0.2, 0.25) is 5.02 Å². The van der Waals surface area contributed by atoms with Crippen molar-refractivity contribution in [2.24, 2.45) is 5.41 Å². The maximum atomic E-state index is 13.6. The van der Waals surface area contributed by atoms with Crippen LogP contribution in [0.3, 0.4) is 0 Å². The summed E-state index contributed by atoms with van der Waals surface area (Å²) in [5, 5.41) is 0.0735. The molecule has 1 atom stereocenters. The molecule has 0 aromatic heterocycles. The molecule has 0 saturated carbocycles. The number of alkyl halides is 1. The van der Waals surface area contributed by atoms with E-state index in [0.717, 1.165) is 0 Å².